The highest BCUT2D eigenvalue weighted by molar-refractivity contribution is 6.11. The van der Waals surface area contributed by atoms with Crippen LogP contribution in [0, 0.1) is 20.8 Å². The van der Waals surface area contributed by atoms with Gasteiger partial charge in [0.2, 0.25) is 0 Å². The summed E-state index contributed by atoms with van der Waals surface area (Å²) in [4.78, 5) is 12.8. The highest BCUT2D eigenvalue weighted by Gasteiger charge is 2.19. The Hall–Kier alpha value is -3.07. The van der Waals surface area contributed by atoms with Crippen LogP contribution in [0.3, 0.4) is 0 Å². The summed E-state index contributed by atoms with van der Waals surface area (Å²) in [6, 6.07) is 18.0. The predicted molar refractivity (Wildman–Crippen MR) is 102 cm³/mol. The van der Waals surface area contributed by atoms with Crippen LogP contribution < -0.4 is 5.32 Å². The lowest BCUT2D eigenvalue weighted by atomic mass is 10.1. The maximum Gasteiger partial charge on any atom is 0.291 e. The Kier molecular flexibility index (Phi) is 3.57. The molecule has 1 amide bonds. The molecular formula is C22H19NO2. The Bertz CT molecular complexity index is 1120. The van der Waals surface area contributed by atoms with Gasteiger partial charge in [0.05, 0.1) is 0 Å². The van der Waals surface area contributed by atoms with Gasteiger partial charge in [-0.3, -0.25) is 4.79 Å². The first-order valence-corrected chi connectivity index (χ1v) is 8.34. The van der Waals surface area contributed by atoms with E-state index in [9.17, 15) is 4.79 Å². The average molecular weight is 329 g/mol. The van der Waals surface area contributed by atoms with E-state index < -0.39 is 0 Å². The summed E-state index contributed by atoms with van der Waals surface area (Å²) in [7, 11) is 0. The van der Waals surface area contributed by atoms with Gasteiger partial charge in [-0.1, -0.05) is 48.5 Å². The monoisotopic (exact) mass is 329 g/mol. The van der Waals surface area contributed by atoms with Crippen molar-refractivity contribution in [1.29, 1.82) is 0 Å². The van der Waals surface area contributed by atoms with Gasteiger partial charge in [-0.05, 0) is 43.4 Å². The fourth-order valence-electron chi connectivity index (χ4n) is 3.23. The van der Waals surface area contributed by atoms with Crippen molar-refractivity contribution in [2.75, 3.05) is 5.32 Å². The van der Waals surface area contributed by atoms with Crippen molar-refractivity contribution in [3.8, 4) is 0 Å². The number of fused-ring (bicyclic) bond motifs is 3. The summed E-state index contributed by atoms with van der Waals surface area (Å²) >= 11 is 0. The zero-order valence-corrected chi connectivity index (χ0v) is 14.5. The first-order valence-electron chi connectivity index (χ1n) is 8.34. The van der Waals surface area contributed by atoms with E-state index in [1.54, 1.807) is 0 Å². The Morgan fingerprint density at radius 1 is 0.840 bits per heavy atom. The quantitative estimate of drug-likeness (QED) is 0.508. The van der Waals surface area contributed by atoms with Crippen LogP contribution in [0.15, 0.2) is 59.0 Å². The summed E-state index contributed by atoms with van der Waals surface area (Å²) in [6.45, 7) is 5.96. The Morgan fingerprint density at radius 3 is 2.48 bits per heavy atom. The largest absolute Gasteiger partial charge is 0.450 e. The Morgan fingerprint density at radius 2 is 1.64 bits per heavy atom. The van der Waals surface area contributed by atoms with Gasteiger partial charge in [0, 0.05) is 22.0 Å². The summed E-state index contributed by atoms with van der Waals surface area (Å²) in [5, 5.41) is 6.09. The van der Waals surface area contributed by atoms with Gasteiger partial charge >= 0.3 is 0 Å². The molecule has 0 aliphatic heterocycles. The molecule has 0 aliphatic carbocycles. The smallest absolute Gasteiger partial charge is 0.291 e. The predicted octanol–water partition coefficient (Wildman–Crippen LogP) is 5.76. The maximum atomic E-state index is 12.8. The molecule has 0 fully saturated rings. The first kappa shape index (κ1) is 15.5. The number of hydrogen-bond acceptors (Lipinski definition) is 2. The highest BCUT2D eigenvalue weighted by Crippen LogP contribution is 2.32. The van der Waals surface area contributed by atoms with Gasteiger partial charge in [0.15, 0.2) is 5.76 Å². The third-order valence-electron chi connectivity index (χ3n) is 4.89. The summed E-state index contributed by atoms with van der Waals surface area (Å²) in [5.41, 5.74) is 4.65. The van der Waals surface area contributed by atoms with E-state index in [2.05, 4.69) is 11.4 Å². The lowest BCUT2D eigenvalue weighted by Crippen LogP contribution is -2.13. The van der Waals surface area contributed by atoms with Crippen molar-refractivity contribution < 1.29 is 9.21 Å². The Labute approximate surface area is 146 Å². The van der Waals surface area contributed by atoms with E-state index in [-0.39, 0.29) is 5.91 Å². The number of hydrogen-bond donors (Lipinski definition) is 1. The van der Waals surface area contributed by atoms with Crippen LogP contribution in [0.2, 0.25) is 0 Å². The summed E-state index contributed by atoms with van der Waals surface area (Å²) in [5.74, 6) is 0.152. The van der Waals surface area contributed by atoms with Crippen molar-refractivity contribution in [3.05, 3.63) is 77.0 Å². The zero-order chi connectivity index (χ0) is 17.6. The lowest BCUT2D eigenvalue weighted by Gasteiger charge is -2.09. The maximum absolute atomic E-state index is 12.8. The molecule has 1 aromatic heterocycles. The van der Waals surface area contributed by atoms with Crippen LogP contribution in [0.4, 0.5) is 5.69 Å². The number of nitrogens with one attached hydrogen (secondary N) is 1. The van der Waals surface area contributed by atoms with E-state index in [0.717, 1.165) is 44.1 Å². The summed E-state index contributed by atoms with van der Waals surface area (Å²) in [6.07, 6.45) is 0. The SMILES string of the molecule is Cc1cccc(NC(=O)c2oc3c(ccc4ccccc43)c2C)c1C. The van der Waals surface area contributed by atoms with Gasteiger partial charge in [0.25, 0.3) is 5.91 Å². The van der Waals surface area contributed by atoms with Crippen LogP contribution in [0.5, 0.6) is 0 Å². The number of carbonyl (C=O) groups excluding carboxylic acids is 1. The van der Waals surface area contributed by atoms with Crippen LogP contribution in [-0.2, 0) is 0 Å². The molecule has 3 aromatic carbocycles. The van der Waals surface area contributed by atoms with Crippen molar-refractivity contribution in [3.63, 3.8) is 0 Å². The minimum atomic E-state index is -0.216. The number of rotatable bonds is 2. The number of benzene rings is 3. The van der Waals surface area contributed by atoms with Crippen LogP contribution in [0.1, 0.15) is 27.2 Å². The lowest BCUT2D eigenvalue weighted by molar-refractivity contribution is 0.0998. The molecule has 4 aromatic rings. The van der Waals surface area contributed by atoms with Crippen molar-refractivity contribution >= 4 is 33.3 Å². The molecular weight excluding hydrogens is 310 g/mol. The molecule has 0 atom stereocenters. The minimum absolute atomic E-state index is 0.216. The standard InChI is InChI=1S/C22H19NO2/c1-13-7-6-10-19(14(13)2)23-22(24)20-15(3)17-12-11-16-8-4-5-9-18(16)21(17)25-20/h4-12H,1-3H3,(H,23,24). The molecule has 0 bridgehead atoms. The molecule has 0 unspecified atom stereocenters. The molecule has 4 rings (SSSR count). The molecule has 3 nitrogen and oxygen atoms in total. The van der Waals surface area contributed by atoms with Crippen molar-refractivity contribution in [2.45, 2.75) is 20.8 Å². The molecule has 0 radical (unpaired) electrons. The second-order valence-electron chi connectivity index (χ2n) is 6.42. The molecule has 124 valence electrons. The van der Waals surface area contributed by atoms with Crippen molar-refractivity contribution in [1.82, 2.24) is 0 Å². The number of carbonyl (C=O) groups is 1. The van der Waals surface area contributed by atoms with E-state index >= 15 is 0 Å². The number of aryl methyl sites for hydroxylation is 2. The number of furan rings is 1. The van der Waals surface area contributed by atoms with Crippen LogP contribution >= 0.6 is 0 Å². The van der Waals surface area contributed by atoms with Crippen LogP contribution in [-0.4, -0.2) is 5.91 Å². The molecule has 1 N–H and O–H groups in total. The fraction of sp³-hybridized carbons (Fsp3) is 0.136. The highest BCUT2D eigenvalue weighted by atomic mass is 16.3. The molecule has 0 saturated carbocycles. The normalized spacial score (nSPS) is 11.2. The topological polar surface area (TPSA) is 42.2 Å². The second kappa shape index (κ2) is 5.78. The van der Waals surface area contributed by atoms with E-state index in [0.29, 0.717) is 5.76 Å². The molecule has 0 spiro atoms. The average Bonchev–Trinajstić information content (AvgIpc) is 2.96. The van der Waals surface area contributed by atoms with E-state index in [1.807, 2.05) is 69.3 Å². The number of amides is 1. The minimum Gasteiger partial charge on any atom is -0.450 e. The molecule has 0 aliphatic rings. The van der Waals surface area contributed by atoms with E-state index in [4.69, 9.17) is 4.42 Å². The van der Waals surface area contributed by atoms with Gasteiger partial charge in [-0.25, -0.2) is 0 Å². The molecule has 0 saturated heterocycles. The zero-order valence-electron chi connectivity index (χ0n) is 14.5. The van der Waals surface area contributed by atoms with Gasteiger partial charge in [0.1, 0.15) is 5.58 Å². The van der Waals surface area contributed by atoms with Gasteiger partial charge in [-0.15, -0.1) is 0 Å². The fourth-order valence-corrected chi connectivity index (χ4v) is 3.23. The second-order valence-corrected chi connectivity index (χ2v) is 6.42. The molecule has 25 heavy (non-hydrogen) atoms. The molecule has 3 heteroatoms. The van der Waals surface area contributed by atoms with Gasteiger partial charge < -0.3 is 9.73 Å². The van der Waals surface area contributed by atoms with Crippen LogP contribution in [0.25, 0.3) is 21.7 Å². The van der Waals surface area contributed by atoms with Gasteiger partial charge in [-0.2, -0.15) is 0 Å². The van der Waals surface area contributed by atoms with Crippen molar-refractivity contribution in [2.24, 2.45) is 0 Å². The third kappa shape index (κ3) is 2.49. The summed E-state index contributed by atoms with van der Waals surface area (Å²) < 4.78 is 6.00. The Balaban J connectivity index is 1.81. The first-order chi connectivity index (χ1) is 12.1. The van der Waals surface area contributed by atoms with E-state index in [1.165, 1.54) is 0 Å². The number of anilines is 1. The molecule has 1 heterocycles. The third-order valence-corrected chi connectivity index (χ3v) is 4.89.